The lowest BCUT2D eigenvalue weighted by Gasteiger charge is -2.15. The van der Waals surface area contributed by atoms with Gasteiger partial charge < -0.3 is 5.73 Å². The van der Waals surface area contributed by atoms with Crippen LogP contribution in [0.15, 0.2) is 0 Å². The molecule has 0 aliphatic heterocycles. The van der Waals surface area contributed by atoms with Crippen LogP contribution in [0.2, 0.25) is 0 Å². The summed E-state index contributed by atoms with van der Waals surface area (Å²) in [7, 11) is 0. The summed E-state index contributed by atoms with van der Waals surface area (Å²) in [5, 5.41) is 0. The first-order valence-electron chi connectivity index (χ1n) is 5.94. The Morgan fingerprint density at radius 3 is 2.62 bits per heavy atom. The third-order valence-electron chi connectivity index (χ3n) is 3.29. The minimum Gasteiger partial charge on any atom is -0.328 e. The molecule has 2 atom stereocenters. The molecule has 1 heteroatoms. The maximum atomic E-state index is 5.95. The molecular weight excluding hydrogens is 158 g/mol. The van der Waals surface area contributed by atoms with Crippen LogP contribution in [-0.2, 0) is 0 Å². The molecular formula is C12H25N. The van der Waals surface area contributed by atoms with E-state index in [9.17, 15) is 0 Å². The van der Waals surface area contributed by atoms with E-state index in [1.54, 1.807) is 0 Å². The molecule has 1 nitrogen and oxygen atoms in total. The van der Waals surface area contributed by atoms with Gasteiger partial charge >= 0.3 is 0 Å². The molecule has 0 aromatic rings. The van der Waals surface area contributed by atoms with Crippen molar-refractivity contribution in [3.8, 4) is 0 Å². The summed E-state index contributed by atoms with van der Waals surface area (Å²) in [6, 6.07) is 0.504. The van der Waals surface area contributed by atoms with Crippen molar-refractivity contribution < 1.29 is 0 Å². The summed E-state index contributed by atoms with van der Waals surface area (Å²) >= 11 is 0. The molecule has 1 aliphatic rings. The van der Waals surface area contributed by atoms with E-state index < -0.39 is 0 Å². The average molecular weight is 183 g/mol. The average Bonchev–Trinajstić information content (AvgIpc) is 2.27. The van der Waals surface area contributed by atoms with E-state index in [-0.39, 0.29) is 0 Å². The second-order valence-corrected chi connectivity index (χ2v) is 5.11. The van der Waals surface area contributed by atoms with E-state index in [1.165, 1.54) is 44.9 Å². The number of hydrogen-bond donors (Lipinski definition) is 1. The maximum absolute atomic E-state index is 5.95. The van der Waals surface area contributed by atoms with Crippen molar-refractivity contribution in [2.75, 3.05) is 0 Å². The van der Waals surface area contributed by atoms with Gasteiger partial charge in [-0.1, -0.05) is 39.5 Å². The highest BCUT2D eigenvalue weighted by Crippen LogP contribution is 2.27. The zero-order chi connectivity index (χ0) is 9.68. The fourth-order valence-corrected chi connectivity index (χ4v) is 2.26. The third kappa shape index (κ3) is 4.66. The molecule has 0 aromatic heterocycles. The van der Waals surface area contributed by atoms with Crippen molar-refractivity contribution in [3.63, 3.8) is 0 Å². The van der Waals surface area contributed by atoms with Gasteiger partial charge in [-0.2, -0.15) is 0 Å². The van der Waals surface area contributed by atoms with Crippen molar-refractivity contribution in [1.29, 1.82) is 0 Å². The van der Waals surface area contributed by atoms with E-state index >= 15 is 0 Å². The van der Waals surface area contributed by atoms with Crippen molar-refractivity contribution >= 4 is 0 Å². The normalized spacial score (nSPS) is 30.5. The van der Waals surface area contributed by atoms with Crippen molar-refractivity contribution in [1.82, 2.24) is 0 Å². The van der Waals surface area contributed by atoms with Gasteiger partial charge in [0.05, 0.1) is 0 Å². The molecule has 0 aromatic carbocycles. The Kier molecular flexibility index (Phi) is 4.79. The maximum Gasteiger partial charge on any atom is 0.00389 e. The van der Waals surface area contributed by atoms with Crippen LogP contribution < -0.4 is 5.73 Å². The number of hydrogen-bond acceptors (Lipinski definition) is 1. The van der Waals surface area contributed by atoms with E-state index in [0.717, 1.165) is 11.8 Å². The quantitative estimate of drug-likeness (QED) is 0.667. The molecule has 2 N–H and O–H groups in total. The van der Waals surface area contributed by atoms with Crippen LogP contribution in [0.25, 0.3) is 0 Å². The SMILES string of the molecule is CC(C)CCC1CCCC(N)CC1. The molecule has 0 amide bonds. The summed E-state index contributed by atoms with van der Waals surface area (Å²) in [6.07, 6.45) is 9.55. The van der Waals surface area contributed by atoms with Crippen LogP contribution in [0.4, 0.5) is 0 Å². The van der Waals surface area contributed by atoms with E-state index in [1.807, 2.05) is 0 Å². The predicted molar refractivity (Wildman–Crippen MR) is 58.6 cm³/mol. The lowest BCUT2D eigenvalue weighted by Crippen LogP contribution is -2.18. The summed E-state index contributed by atoms with van der Waals surface area (Å²) in [6.45, 7) is 4.64. The molecule has 0 radical (unpaired) electrons. The molecule has 1 fully saturated rings. The van der Waals surface area contributed by atoms with Crippen LogP contribution in [0.1, 0.15) is 58.8 Å². The lowest BCUT2D eigenvalue weighted by molar-refractivity contribution is 0.383. The van der Waals surface area contributed by atoms with Crippen LogP contribution in [0.5, 0.6) is 0 Å². The molecule has 13 heavy (non-hydrogen) atoms. The first kappa shape index (κ1) is 11.0. The van der Waals surface area contributed by atoms with Crippen molar-refractivity contribution in [2.45, 2.75) is 64.8 Å². The van der Waals surface area contributed by atoms with Gasteiger partial charge in [-0.05, 0) is 31.1 Å². The van der Waals surface area contributed by atoms with Crippen molar-refractivity contribution in [3.05, 3.63) is 0 Å². The standard InChI is InChI=1S/C12H25N/c1-10(2)6-7-11-4-3-5-12(13)9-8-11/h10-12H,3-9,13H2,1-2H3. The highest BCUT2D eigenvalue weighted by molar-refractivity contribution is 4.72. The van der Waals surface area contributed by atoms with Gasteiger partial charge in [0.2, 0.25) is 0 Å². The van der Waals surface area contributed by atoms with E-state index in [2.05, 4.69) is 13.8 Å². The molecule has 1 aliphatic carbocycles. The Balaban J connectivity index is 2.18. The van der Waals surface area contributed by atoms with Gasteiger partial charge in [-0.3, -0.25) is 0 Å². The zero-order valence-corrected chi connectivity index (χ0v) is 9.26. The second-order valence-electron chi connectivity index (χ2n) is 5.11. The molecule has 0 spiro atoms. The topological polar surface area (TPSA) is 26.0 Å². The third-order valence-corrected chi connectivity index (χ3v) is 3.29. The Hall–Kier alpha value is -0.0400. The van der Waals surface area contributed by atoms with Gasteiger partial charge in [0.1, 0.15) is 0 Å². The van der Waals surface area contributed by atoms with Crippen LogP contribution in [-0.4, -0.2) is 6.04 Å². The zero-order valence-electron chi connectivity index (χ0n) is 9.26. The molecule has 0 bridgehead atoms. The Morgan fingerprint density at radius 1 is 1.15 bits per heavy atom. The van der Waals surface area contributed by atoms with Gasteiger partial charge in [-0.25, -0.2) is 0 Å². The monoisotopic (exact) mass is 183 g/mol. The van der Waals surface area contributed by atoms with Crippen LogP contribution in [0, 0.1) is 11.8 Å². The predicted octanol–water partition coefficient (Wildman–Crippen LogP) is 3.33. The molecule has 0 saturated heterocycles. The van der Waals surface area contributed by atoms with Gasteiger partial charge in [-0.15, -0.1) is 0 Å². The molecule has 1 rings (SSSR count). The Bertz CT molecular complexity index is 131. The summed E-state index contributed by atoms with van der Waals surface area (Å²) in [4.78, 5) is 0. The van der Waals surface area contributed by atoms with Crippen LogP contribution >= 0.6 is 0 Å². The second kappa shape index (κ2) is 5.64. The highest BCUT2D eigenvalue weighted by Gasteiger charge is 2.16. The van der Waals surface area contributed by atoms with Crippen molar-refractivity contribution in [2.24, 2.45) is 17.6 Å². The summed E-state index contributed by atoms with van der Waals surface area (Å²) < 4.78 is 0. The van der Waals surface area contributed by atoms with Gasteiger partial charge in [0.25, 0.3) is 0 Å². The largest absolute Gasteiger partial charge is 0.328 e. The van der Waals surface area contributed by atoms with Gasteiger partial charge in [0.15, 0.2) is 0 Å². The Labute approximate surface area is 83.1 Å². The smallest absolute Gasteiger partial charge is 0.00389 e. The lowest BCUT2D eigenvalue weighted by atomic mass is 9.92. The summed E-state index contributed by atoms with van der Waals surface area (Å²) in [5.74, 6) is 1.85. The minimum atomic E-state index is 0.504. The van der Waals surface area contributed by atoms with E-state index in [4.69, 9.17) is 5.73 Å². The first-order chi connectivity index (χ1) is 6.18. The molecule has 1 saturated carbocycles. The summed E-state index contributed by atoms with van der Waals surface area (Å²) in [5.41, 5.74) is 5.95. The fourth-order valence-electron chi connectivity index (χ4n) is 2.26. The fraction of sp³-hybridized carbons (Fsp3) is 1.00. The van der Waals surface area contributed by atoms with Crippen LogP contribution in [0.3, 0.4) is 0 Å². The van der Waals surface area contributed by atoms with E-state index in [0.29, 0.717) is 6.04 Å². The molecule has 2 unspecified atom stereocenters. The molecule has 78 valence electrons. The minimum absolute atomic E-state index is 0.504. The van der Waals surface area contributed by atoms with Gasteiger partial charge in [0, 0.05) is 6.04 Å². The highest BCUT2D eigenvalue weighted by atomic mass is 14.6. The Morgan fingerprint density at radius 2 is 1.92 bits per heavy atom. The number of nitrogens with two attached hydrogens (primary N) is 1. The first-order valence-corrected chi connectivity index (χ1v) is 5.94. The number of rotatable bonds is 3. The molecule has 0 heterocycles.